The highest BCUT2D eigenvalue weighted by Crippen LogP contribution is 2.03. The molecular weight excluding hydrogens is 200 g/mol. The highest BCUT2D eigenvalue weighted by molar-refractivity contribution is 5.87. The number of hydrogen-bond acceptors (Lipinski definition) is 2. The van der Waals surface area contributed by atoms with Gasteiger partial charge in [0.05, 0.1) is 0 Å². The zero-order valence-corrected chi connectivity index (χ0v) is 9.43. The Bertz CT molecular complexity index is 366. The Morgan fingerprint density at radius 3 is 2.69 bits per heavy atom. The standard InChI is InChI=1S/C14H16O2/c1-3-13(4-2)16-14(15)11-10-12-8-6-5-7-9-12/h3,5-11,13H,1,4H2,2H3/b11-10+/t13-/m1/s1. The van der Waals surface area contributed by atoms with Gasteiger partial charge in [-0.2, -0.15) is 0 Å². The molecule has 0 bridgehead atoms. The summed E-state index contributed by atoms with van der Waals surface area (Å²) in [6.45, 7) is 5.55. The zero-order valence-electron chi connectivity index (χ0n) is 9.43. The Hall–Kier alpha value is -1.83. The van der Waals surface area contributed by atoms with Crippen molar-refractivity contribution >= 4 is 12.0 Å². The van der Waals surface area contributed by atoms with E-state index >= 15 is 0 Å². The average Bonchev–Trinajstić information content (AvgIpc) is 2.34. The smallest absolute Gasteiger partial charge is 0.331 e. The molecule has 1 aromatic carbocycles. The first-order valence-corrected chi connectivity index (χ1v) is 5.32. The van der Waals surface area contributed by atoms with Crippen molar-refractivity contribution in [1.29, 1.82) is 0 Å². The van der Waals surface area contributed by atoms with Crippen LogP contribution in [0.3, 0.4) is 0 Å². The van der Waals surface area contributed by atoms with Crippen molar-refractivity contribution in [3.8, 4) is 0 Å². The zero-order chi connectivity index (χ0) is 11.8. The van der Waals surface area contributed by atoms with Gasteiger partial charge in [0.25, 0.3) is 0 Å². The fraction of sp³-hybridized carbons (Fsp3) is 0.214. The van der Waals surface area contributed by atoms with Crippen molar-refractivity contribution < 1.29 is 9.53 Å². The minimum absolute atomic E-state index is 0.201. The first-order valence-electron chi connectivity index (χ1n) is 5.32. The average molecular weight is 216 g/mol. The molecule has 0 N–H and O–H groups in total. The molecule has 0 fully saturated rings. The van der Waals surface area contributed by atoms with Gasteiger partial charge in [0, 0.05) is 6.08 Å². The second kappa shape index (κ2) is 6.62. The van der Waals surface area contributed by atoms with Gasteiger partial charge in [-0.25, -0.2) is 4.79 Å². The van der Waals surface area contributed by atoms with E-state index in [4.69, 9.17) is 4.74 Å². The number of carbonyl (C=O) groups excluding carboxylic acids is 1. The number of ether oxygens (including phenoxy) is 1. The molecule has 0 saturated carbocycles. The van der Waals surface area contributed by atoms with E-state index in [0.29, 0.717) is 0 Å². The number of carbonyl (C=O) groups is 1. The summed E-state index contributed by atoms with van der Waals surface area (Å²) in [4.78, 5) is 11.4. The van der Waals surface area contributed by atoms with Crippen molar-refractivity contribution in [2.45, 2.75) is 19.4 Å². The summed E-state index contributed by atoms with van der Waals surface area (Å²) in [5.74, 6) is -0.337. The summed E-state index contributed by atoms with van der Waals surface area (Å²) in [6.07, 6.45) is 5.34. The number of hydrogen-bond donors (Lipinski definition) is 0. The van der Waals surface area contributed by atoms with Crippen LogP contribution in [0.5, 0.6) is 0 Å². The molecular formula is C14H16O2. The van der Waals surface area contributed by atoms with E-state index < -0.39 is 0 Å². The minimum atomic E-state index is -0.337. The van der Waals surface area contributed by atoms with Crippen molar-refractivity contribution in [3.63, 3.8) is 0 Å². The first kappa shape index (κ1) is 12.2. The third-order valence-electron chi connectivity index (χ3n) is 2.14. The van der Waals surface area contributed by atoms with E-state index in [2.05, 4.69) is 6.58 Å². The van der Waals surface area contributed by atoms with Crippen molar-refractivity contribution in [3.05, 3.63) is 54.6 Å². The van der Waals surface area contributed by atoms with Crippen LogP contribution in [0, 0.1) is 0 Å². The highest BCUT2D eigenvalue weighted by Gasteiger charge is 2.04. The Labute approximate surface area is 96.2 Å². The molecule has 0 aliphatic heterocycles. The van der Waals surface area contributed by atoms with Gasteiger partial charge < -0.3 is 4.74 Å². The molecule has 0 aromatic heterocycles. The molecule has 1 rings (SSSR count). The molecule has 1 atom stereocenters. The van der Waals surface area contributed by atoms with E-state index in [1.807, 2.05) is 37.3 Å². The molecule has 2 heteroatoms. The van der Waals surface area contributed by atoms with Gasteiger partial charge in [-0.1, -0.05) is 49.9 Å². The minimum Gasteiger partial charge on any atom is -0.455 e. The van der Waals surface area contributed by atoms with Crippen LogP contribution in [0.4, 0.5) is 0 Å². The lowest BCUT2D eigenvalue weighted by molar-refractivity contribution is -0.140. The van der Waals surface area contributed by atoms with Gasteiger partial charge in [-0.05, 0) is 18.1 Å². The van der Waals surface area contributed by atoms with E-state index in [1.165, 1.54) is 6.08 Å². The van der Waals surface area contributed by atoms with Gasteiger partial charge in [0.15, 0.2) is 0 Å². The normalized spacial score (nSPS) is 12.3. The van der Waals surface area contributed by atoms with Crippen LogP contribution in [0.15, 0.2) is 49.1 Å². The lowest BCUT2D eigenvalue weighted by Gasteiger charge is -2.09. The van der Waals surface area contributed by atoms with E-state index in [-0.39, 0.29) is 12.1 Å². The van der Waals surface area contributed by atoms with Crippen LogP contribution in [0.1, 0.15) is 18.9 Å². The number of rotatable bonds is 5. The van der Waals surface area contributed by atoms with Crippen LogP contribution in [-0.2, 0) is 9.53 Å². The topological polar surface area (TPSA) is 26.3 Å². The fourth-order valence-electron chi connectivity index (χ4n) is 1.22. The summed E-state index contributed by atoms with van der Waals surface area (Å²) in [6, 6.07) is 9.62. The second-order valence-corrected chi connectivity index (χ2v) is 3.36. The van der Waals surface area contributed by atoms with Crippen LogP contribution in [0.2, 0.25) is 0 Å². The molecule has 0 aliphatic carbocycles. The molecule has 0 aliphatic rings. The summed E-state index contributed by atoms with van der Waals surface area (Å²) in [5.41, 5.74) is 0.978. The number of benzene rings is 1. The van der Waals surface area contributed by atoms with Gasteiger partial charge in [0.1, 0.15) is 6.10 Å². The maximum absolute atomic E-state index is 11.4. The van der Waals surface area contributed by atoms with E-state index in [1.54, 1.807) is 12.2 Å². The molecule has 0 saturated heterocycles. The maximum Gasteiger partial charge on any atom is 0.331 e. The Kier molecular flexibility index (Phi) is 5.06. The SMILES string of the molecule is C=C[C@H](CC)OC(=O)/C=C/c1ccccc1. The van der Waals surface area contributed by atoms with Crippen molar-refractivity contribution in [2.24, 2.45) is 0 Å². The van der Waals surface area contributed by atoms with Gasteiger partial charge in [0.2, 0.25) is 0 Å². The Morgan fingerprint density at radius 2 is 2.12 bits per heavy atom. The fourth-order valence-corrected chi connectivity index (χ4v) is 1.22. The van der Waals surface area contributed by atoms with E-state index in [0.717, 1.165) is 12.0 Å². The van der Waals surface area contributed by atoms with Crippen LogP contribution >= 0.6 is 0 Å². The second-order valence-electron chi connectivity index (χ2n) is 3.36. The molecule has 0 spiro atoms. The van der Waals surface area contributed by atoms with Gasteiger partial charge >= 0.3 is 5.97 Å². The molecule has 0 heterocycles. The lowest BCUT2D eigenvalue weighted by atomic mass is 10.2. The summed E-state index contributed by atoms with van der Waals surface area (Å²) in [7, 11) is 0. The molecule has 16 heavy (non-hydrogen) atoms. The van der Waals surface area contributed by atoms with Crippen LogP contribution in [0.25, 0.3) is 6.08 Å². The summed E-state index contributed by atoms with van der Waals surface area (Å²) >= 11 is 0. The van der Waals surface area contributed by atoms with Gasteiger partial charge in [-0.15, -0.1) is 0 Å². The maximum atomic E-state index is 11.4. The predicted octanol–water partition coefficient (Wildman–Crippen LogP) is 3.21. The number of esters is 1. The lowest BCUT2D eigenvalue weighted by Crippen LogP contribution is -2.12. The summed E-state index contributed by atoms with van der Waals surface area (Å²) < 4.78 is 5.13. The van der Waals surface area contributed by atoms with Gasteiger partial charge in [-0.3, -0.25) is 0 Å². The molecule has 0 amide bonds. The first-order chi connectivity index (χ1) is 7.76. The third kappa shape index (κ3) is 4.13. The molecule has 1 aromatic rings. The van der Waals surface area contributed by atoms with Crippen molar-refractivity contribution in [2.75, 3.05) is 0 Å². The third-order valence-corrected chi connectivity index (χ3v) is 2.14. The van der Waals surface area contributed by atoms with Crippen LogP contribution < -0.4 is 0 Å². The highest BCUT2D eigenvalue weighted by atomic mass is 16.5. The largest absolute Gasteiger partial charge is 0.455 e. The predicted molar refractivity (Wildman–Crippen MR) is 65.8 cm³/mol. The quantitative estimate of drug-likeness (QED) is 0.429. The molecule has 2 nitrogen and oxygen atoms in total. The monoisotopic (exact) mass is 216 g/mol. The van der Waals surface area contributed by atoms with Crippen molar-refractivity contribution in [1.82, 2.24) is 0 Å². The summed E-state index contributed by atoms with van der Waals surface area (Å²) in [5, 5.41) is 0. The molecule has 84 valence electrons. The van der Waals surface area contributed by atoms with E-state index in [9.17, 15) is 4.79 Å². The Balaban J connectivity index is 2.51. The van der Waals surface area contributed by atoms with Crippen LogP contribution in [-0.4, -0.2) is 12.1 Å². The molecule has 0 radical (unpaired) electrons. The Morgan fingerprint density at radius 1 is 1.44 bits per heavy atom. The molecule has 0 unspecified atom stereocenters.